The number of carbonyl (C=O) groups is 2. The minimum absolute atomic E-state index is 0.474. The second-order valence-electron chi connectivity index (χ2n) is 4.91. The van der Waals surface area contributed by atoms with Crippen LogP contribution >= 0.6 is 11.6 Å². The van der Waals surface area contributed by atoms with Crippen LogP contribution in [0.4, 0.5) is 0 Å². The van der Waals surface area contributed by atoms with E-state index in [2.05, 4.69) is 5.32 Å². The lowest BCUT2D eigenvalue weighted by Gasteiger charge is -2.44. The molecule has 1 rings (SSSR count). The molecule has 0 aromatic heterocycles. The second kappa shape index (κ2) is 7.51. The van der Waals surface area contributed by atoms with Crippen molar-refractivity contribution in [3.63, 3.8) is 0 Å². The Morgan fingerprint density at radius 1 is 1.41 bits per heavy atom. The predicted octanol–water partition coefficient (Wildman–Crippen LogP) is -3.65. The van der Waals surface area contributed by atoms with E-state index in [0.29, 0.717) is 0 Å². The SMILES string of the molecule is O=C(CCl)N[C@H]1C([C@H](O)C(O)CO)OC(O)(C(=O)O)C[C@@H]1O. The lowest BCUT2D eigenvalue weighted by Crippen LogP contribution is -2.67. The van der Waals surface area contributed by atoms with E-state index in [1.54, 1.807) is 0 Å². The van der Waals surface area contributed by atoms with Gasteiger partial charge in [0.2, 0.25) is 5.91 Å². The van der Waals surface area contributed by atoms with Gasteiger partial charge < -0.3 is 40.7 Å². The number of amides is 1. The maximum absolute atomic E-state index is 11.3. The molecule has 0 aliphatic carbocycles. The number of aliphatic hydroxyl groups excluding tert-OH is 4. The summed E-state index contributed by atoms with van der Waals surface area (Å²) in [5.41, 5.74) is 0. The van der Waals surface area contributed by atoms with Crippen molar-refractivity contribution in [2.45, 2.75) is 42.7 Å². The summed E-state index contributed by atoms with van der Waals surface area (Å²) in [6.45, 7) is -0.890. The molecule has 1 aliphatic heterocycles. The Hall–Kier alpha value is -1.01. The monoisotopic (exact) mass is 343 g/mol. The molecule has 7 N–H and O–H groups in total. The largest absolute Gasteiger partial charge is 0.477 e. The molecule has 1 saturated heterocycles. The first kappa shape index (κ1) is 19.0. The second-order valence-corrected chi connectivity index (χ2v) is 5.18. The average molecular weight is 344 g/mol. The number of rotatable bonds is 6. The summed E-state index contributed by atoms with van der Waals surface area (Å²) in [7, 11) is 0. The third-order valence-corrected chi connectivity index (χ3v) is 3.53. The van der Waals surface area contributed by atoms with Crippen molar-refractivity contribution in [2.75, 3.05) is 12.5 Å². The molecule has 128 valence electrons. The highest BCUT2D eigenvalue weighted by Gasteiger charge is 2.53. The molecular formula is C11H18ClNO9. The van der Waals surface area contributed by atoms with Crippen LogP contribution in [0.3, 0.4) is 0 Å². The number of nitrogens with one attached hydrogen (secondary N) is 1. The van der Waals surface area contributed by atoms with Gasteiger partial charge in [-0.25, -0.2) is 4.79 Å². The standard InChI is InChI=1S/C11H18ClNO9/c12-2-6(17)13-7-4(15)1-11(21,10(19)20)22-9(7)8(18)5(16)3-14/h4-5,7-9,14-16,18,21H,1-3H2,(H,13,17)(H,19,20)/t4-,5?,7+,8+,9?,11?/m0/s1. The molecule has 3 unspecified atom stereocenters. The van der Waals surface area contributed by atoms with E-state index >= 15 is 0 Å². The number of aliphatic carboxylic acids is 1. The summed E-state index contributed by atoms with van der Waals surface area (Å²) in [4.78, 5) is 22.4. The number of alkyl halides is 1. The molecular weight excluding hydrogens is 326 g/mol. The van der Waals surface area contributed by atoms with Crippen LogP contribution in [0.15, 0.2) is 0 Å². The summed E-state index contributed by atoms with van der Waals surface area (Å²) in [6, 6.07) is -1.35. The van der Waals surface area contributed by atoms with Gasteiger partial charge in [0.1, 0.15) is 24.2 Å². The Balaban J connectivity index is 3.07. The quantitative estimate of drug-likeness (QED) is 0.239. The Kier molecular flexibility index (Phi) is 6.50. The van der Waals surface area contributed by atoms with Crippen LogP contribution in [0.2, 0.25) is 0 Å². The van der Waals surface area contributed by atoms with E-state index in [1.807, 2.05) is 0 Å². The van der Waals surface area contributed by atoms with Gasteiger partial charge in [-0.15, -0.1) is 11.6 Å². The highest BCUT2D eigenvalue weighted by Crippen LogP contribution is 2.30. The van der Waals surface area contributed by atoms with Crippen LogP contribution in [0.25, 0.3) is 0 Å². The number of halogens is 1. The molecule has 6 atom stereocenters. The number of carboxylic acid groups (broad SMARTS) is 1. The fourth-order valence-electron chi connectivity index (χ4n) is 2.13. The molecule has 1 fully saturated rings. The molecule has 0 aromatic rings. The van der Waals surface area contributed by atoms with E-state index in [4.69, 9.17) is 26.6 Å². The molecule has 0 spiro atoms. The van der Waals surface area contributed by atoms with Crippen molar-refractivity contribution in [2.24, 2.45) is 0 Å². The van der Waals surface area contributed by atoms with E-state index < -0.39 is 67.0 Å². The smallest absolute Gasteiger partial charge is 0.364 e. The summed E-state index contributed by atoms with van der Waals surface area (Å²) < 4.78 is 4.87. The fraction of sp³-hybridized carbons (Fsp3) is 0.818. The van der Waals surface area contributed by atoms with Crippen molar-refractivity contribution in [3.05, 3.63) is 0 Å². The Bertz CT molecular complexity index is 422. The zero-order valence-electron chi connectivity index (χ0n) is 11.3. The van der Waals surface area contributed by atoms with Crippen LogP contribution in [0.5, 0.6) is 0 Å². The van der Waals surface area contributed by atoms with Crippen molar-refractivity contribution < 1.29 is 45.0 Å². The first-order valence-corrected chi connectivity index (χ1v) is 6.83. The maximum atomic E-state index is 11.3. The predicted molar refractivity (Wildman–Crippen MR) is 69.8 cm³/mol. The van der Waals surface area contributed by atoms with Crippen molar-refractivity contribution in [3.8, 4) is 0 Å². The Morgan fingerprint density at radius 2 is 2.00 bits per heavy atom. The van der Waals surface area contributed by atoms with Gasteiger partial charge in [0.15, 0.2) is 0 Å². The number of carboxylic acids is 1. The molecule has 22 heavy (non-hydrogen) atoms. The molecule has 1 heterocycles. The van der Waals surface area contributed by atoms with Crippen LogP contribution in [0.1, 0.15) is 6.42 Å². The van der Waals surface area contributed by atoms with Gasteiger partial charge in [-0.05, 0) is 0 Å². The van der Waals surface area contributed by atoms with Gasteiger partial charge in [-0.3, -0.25) is 4.79 Å². The van der Waals surface area contributed by atoms with Crippen molar-refractivity contribution in [1.82, 2.24) is 5.32 Å². The van der Waals surface area contributed by atoms with Crippen LogP contribution in [-0.2, 0) is 14.3 Å². The average Bonchev–Trinajstić information content (AvgIpc) is 2.47. The first-order valence-electron chi connectivity index (χ1n) is 6.30. The van der Waals surface area contributed by atoms with E-state index in [9.17, 15) is 30.0 Å². The van der Waals surface area contributed by atoms with Gasteiger partial charge in [-0.1, -0.05) is 0 Å². The first-order chi connectivity index (χ1) is 10.2. The van der Waals surface area contributed by atoms with Gasteiger partial charge in [0.05, 0.1) is 18.8 Å². The van der Waals surface area contributed by atoms with Gasteiger partial charge in [0, 0.05) is 6.42 Å². The molecule has 1 amide bonds. The molecule has 0 radical (unpaired) electrons. The Morgan fingerprint density at radius 3 is 2.45 bits per heavy atom. The molecule has 1 aliphatic rings. The number of carbonyl (C=O) groups excluding carboxylic acids is 1. The van der Waals surface area contributed by atoms with Crippen molar-refractivity contribution in [1.29, 1.82) is 0 Å². The minimum Gasteiger partial charge on any atom is -0.477 e. The molecule has 11 heteroatoms. The number of hydrogen-bond acceptors (Lipinski definition) is 8. The molecule has 0 saturated carbocycles. The number of aliphatic hydroxyl groups is 5. The summed E-state index contributed by atoms with van der Waals surface area (Å²) in [6.07, 6.45) is -7.71. The lowest BCUT2D eigenvalue weighted by atomic mass is 9.88. The van der Waals surface area contributed by atoms with Gasteiger partial charge >= 0.3 is 5.97 Å². The van der Waals surface area contributed by atoms with Crippen LogP contribution in [0, 0.1) is 0 Å². The summed E-state index contributed by atoms with van der Waals surface area (Å²) >= 11 is 5.31. The number of ether oxygens (including phenoxy) is 1. The maximum Gasteiger partial charge on any atom is 0.364 e. The highest BCUT2D eigenvalue weighted by atomic mass is 35.5. The molecule has 0 aromatic carbocycles. The topological polar surface area (TPSA) is 177 Å². The minimum atomic E-state index is -2.82. The third kappa shape index (κ3) is 4.04. The third-order valence-electron chi connectivity index (χ3n) is 3.29. The van der Waals surface area contributed by atoms with E-state index in [0.717, 1.165) is 0 Å². The molecule has 10 nitrogen and oxygen atoms in total. The summed E-state index contributed by atoms with van der Waals surface area (Å²) in [5.74, 6) is -5.85. The number of hydrogen-bond donors (Lipinski definition) is 7. The lowest BCUT2D eigenvalue weighted by molar-refractivity contribution is -0.295. The Labute approximate surface area is 129 Å². The van der Waals surface area contributed by atoms with Gasteiger partial charge in [-0.2, -0.15) is 0 Å². The zero-order valence-corrected chi connectivity index (χ0v) is 12.0. The fourth-order valence-corrected chi connectivity index (χ4v) is 2.20. The van der Waals surface area contributed by atoms with Crippen molar-refractivity contribution >= 4 is 23.5 Å². The van der Waals surface area contributed by atoms with Gasteiger partial charge in [0.25, 0.3) is 5.79 Å². The van der Waals surface area contributed by atoms with E-state index in [1.165, 1.54) is 0 Å². The van der Waals surface area contributed by atoms with Crippen LogP contribution in [-0.4, -0.2) is 91.2 Å². The highest BCUT2D eigenvalue weighted by molar-refractivity contribution is 6.27. The zero-order chi connectivity index (χ0) is 17.1. The normalized spacial score (nSPS) is 34.7. The van der Waals surface area contributed by atoms with E-state index in [-0.39, 0.29) is 0 Å². The summed E-state index contributed by atoms with van der Waals surface area (Å²) in [5, 5.41) is 59.1. The molecule has 0 bridgehead atoms. The van der Waals surface area contributed by atoms with Crippen LogP contribution < -0.4 is 5.32 Å².